The number of fused-ring (bicyclic) bond motifs is 4. The molecule has 0 saturated heterocycles. The number of allylic oxidation sites excluding steroid dienone is 4. The van der Waals surface area contributed by atoms with Crippen molar-refractivity contribution in [2.24, 2.45) is 46.3 Å². The minimum Gasteiger partial charge on any atom is -0.393 e. The van der Waals surface area contributed by atoms with E-state index in [1.807, 2.05) is 5.57 Å². The molecule has 1 fully saturated rings. The fraction of sp³-hybridized carbons (Fsp3) is 0.862. The van der Waals surface area contributed by atoms with E-state index in [9.17, 15) is 5.11 Å². The molecule has 0 spiro atoms. The standard InChI is InChI=1S/C29H48O/c1-18(2)19(3)8-9-20(4)23-12-13-25-22-10-11-24-21(5)27(30)15-17-29(24,7)26(22)14-16-28(23,25)6/h13,18-21,23-24,27,30H,8-12,14-17H2,1-7H3/t19-,20+,21-,23+,24+,27-,28+,29-/m0/s1. The average Bonchev–Trinajstić information content (AvgIpc) is 3.06. The molecule has 0 aromatic rings. The molecule has 1 heteroatoms. The van der Waals surface area contributed by atoms with Crippen molar-refractivity contribution in [2.45, 2.75) is 112 Å². The highest BCUT2D eigenvalue weighted by Crippen LogP contribution is 2.64. The molecule has 8 atom stereocenters. The molecule has 0 amide bonds. The molecule has 30 heavy (non-hydrogen) atoms. The van der Waals surface area contributed by atoms with Crippen molar-refractivity contribution in [1.29, 1.82) is 0 Å². The van der Waals surface area contributed by atoms with Crippen LogP contribution in [0.25, 0.3) is 0 Å². The second kappa shape index (κ2) is 8.09. The number of hydrogen-bond acceptors (Lipinski definition) is 1. The fourth-order valence-corrected chi connectivity index (χ4v) is 8.26. The Morgan fingerprint density at radius 3 is 2.43 bits per heavy atom. The minimum atomic E-state index is -0.0803. The van der Waals surface area contributed by atoms with Crippen LogP contribution in [-0.2, 0) is 0 Å². The van der Waals surface area contributed by atoms with Crippen LogP contribution in [0.1, 0.15) is 106 Å². The summed E-state index contributed by atoms with van der Waals surface area (Å²) in [6.07, 6.45) is 14.1. The van der Waals surface area contributed by atoms with Crippen LogP contribution in [0.5, 0.6) is 0 Å². The summed E-state index contributed by atoms with van der Waals surface area (Å²) in [7, 11) is 0. The number of aliphatic hydroxyl groups is 1. The van der Waals surface area contributed by atoms with Gasteiger partial charge in [-0.2, -0.15) is 0 Å². The zero-order valence-corrected chi connectivity index (χ0v) is 20.9. The third-order valence-electron chi connectivity index (χ3n) is 10.9. The van der Waals surface area contributed by atoms with Crippen LogP contribution in [0, 0.1) is 46.3 Å². The van der Waals surface area contributed by atoms with Gasteiger partial charge in [-0.25, -0.2) is 0 Å². The van der Waals surface area contributed by atoms with E-state index in [2.05, 4.69) is 54.5 Å². The molecule has 0 heterocycles. The summed E-state index contributed by atoms with van der Waals surface area (Å²) in [4.78, 5) is 0. The van der Waals surface area contributed by atoms with Gasteiger partial charge in [-0.1, -0.05) is 73.0 Å². The normalized spacial score (nSPS) is 43.0. The van der Waals surface area contributed by atoms with Crippen LogP contribution >= 0.6 is 0 Å². The number of aliphatic hydroxyl groups excluding tert-OH is 1. The quantitative estimate of drug-likeness (QED) is 0.486. The maximum absolute atomic E-state index is 10.5. The van der Waals surface area contributed by atoms with E-state index < -0.39 is 0 Å². The molecular formula is C29H48O. The molecule has 0 aromatic heterocycles. The molecule has 0 unspecified atom stereocenters. The molecule has 4 rings (SSSR count). The Labute approximate surface area is 186 Å². The largest absolute Gasteiger partial charge is 0.393 e. The van der Waals surface area contributed by atoms with E-state index in [1.165, 1.54) is 51.4 Å². The average molecular weight is 413 g/mol. The minimum absolute atomic E-state index is 0.0803. The van der Waals surface area contributed by atoms with E-state index in [-0.39, 0.29) is 6.10 Å². The van der Waals surface area contributed by atoms with Crippen LogP contribution in [-0.4, -0.2) is 11.2 Å². The predicted octanol–water partition coefficient (Wildman–Crippen LogP) is 7.94. The molecule has 1 nitrogen and oxygen atoms in total. The van der Waals surface area contributed by atoms with Gasteiger partial charge >= 0.3 is 0 Å². The number of hydrogen-bond donors (Lipinski definition) is 1. The lowest BCUT2D eigenvalue weighted by molar-refractivity contribution is -0.0287. The highest BCUT2D eigenvalue weighted by Gasteiger charge is 2.54. The van der Waals surface area contributed by atoms with E-state index in [1.54, 1.807) is 11.1 Å². The summed E-state index contributed by atoms with van der Waals surface area (Å²) in [5.41, 5.74) is 6.09. The molecule has 4 aliphatic carbocycles. The van der Waals surface area contributed by atoms with Crippen LogP contribution in [0.3, 0.4) is 0 Å². The molecular weight excluding hydrogens is 364 g/mol. The summed E-state index contributed by atoms with van der Waals surface area (Å²) in [6, 6.07) is 0. The SMILES string of the molecule is CC(C)[C@@H](C)CC[C@@H](C)[C@H]1CC=C2C3=C(CC[C@@]21C)[C@@]1(C)CC[C@H](O)[C@@H](C)[C@H]1CC3. The molecule has 1 saturated carbocycles. The first-order valence-corrected chi connectivity index (χ1v) is 13.2. The van der Waals surface area contributed by atoms with Gasteiger partial charge in [0.15, 0.2) is 0 Å². The Morgan fingerprint density at radius 1 is 1.00 bits per heavy atom. The lowest BCUT2D eigenvalue weighted by atomic mass is 9.49. The molecule has 0 aliphatic heterocycles. The van der Waals surface area contributed by atoms with Crippen molar-refractivity contribution < 1.29 is 5.11 Å². The highest BCUT2D eigenvalue weighted by atomic mass is 16.3. The van der Waals surface area contributed by atoms with Crippen molar-refractivity contribution >= 4 is 0 Å². The predicted molar refractivity (Wildman–Crippen MR) is 128 cm³/mol. The van der Waals surface area contributed by atoms with E-state index >= 15 is 0 Å². The van der Waals surface area contributed by atoms with Gasteiger partial charge in [-0.15, -0.1) is 0 Å². The van der Waals surface area contributed by atoms with Crippen molar-refractivity contribution in [2.75, 3.05) is 0 Å². The van der Waals surface area contributed by atoms with Gasteiger partial charge in [0.1, 0.15) is 0 Å². The second-order valence-electron chi connectivity index (χ2n) is 12.6. The zero-order chi connectivity index (χ0) is 21.8. The van der Waals surface area contributed by atoms with Crippen LogP contribution in [0.2, 0.25) is 0 Å². The fourth-order valence-electron chi connectivity index (χ4n) is 8.26. The van der Waals surface area contributed by atoms with Gasteiger partial charge in [-0.3, -0.25) is 0 Å². The molecule has 0 bridgehead atoms. The Morgan fingerprint density at radius 2 is 1.73 bits per heavy atom. The number of rotatable bonds is 5. The Bertz CT molecular complexity index is 714. The van der Waals surface area contributed by atoms with E-state index in [0.717, 1.165) is 30.1 Å². The van der Waals surface area contributed by atoms with Crippen LogP contribution in [0.15, 0.2) is 22.8 Å². The zero-order valence-electron chi connectivity index (χ0n) is 20.9. The summed E-state index contributed by atoms with van der Waals surface area (Å²) in [5.74, 6) is 4.44. The van der Waals surface area contributed by atoms with Gasteiger partial charge in [0.05, 0.1) is 6.10 Å². The van der Waals surface area contributed by atoms with Gasteiger partial charge < -0.3 is 5.11 Å². The van der Waals surface area contributed by atoms with E-state index in [0.29, 0.717) is 22.7 Å². The molecule has 170 valence electrons. The lowest BCUT2D eigenvalue weighted by Gasteiger charge is -2.55. The van der Waals surface area contributed by atoms with Crippen molar-refractivity contribution in [3.05, 3.63) is 22.8 Å². The lowest BCUT2D eigenvalue weighted by Crippen LogP contribution is -2.48. The first-order chi connectivity index (χ1) is 14.1. The van der Waals surface area contributed by atoms with Crippen molar-refractivity contribution in [3.63, 3.8) is 0 Å². The maximum Gasteiger partial charge on any atom is 0.0569 e. The first-order valence-electron chi connectivity index (χ1n) is 13.2. The summed E-state index contributed by atoms with van der Waals surface area (Å²) < 4.78 is 0. The van der Waals surface area contributed by atoms with Crippen molar-refractivity contribution in [3.8, 4) is 0 Å². The monoisotopic (exact) mass is 412 g/mol. The van der Waals surface area contributed by atoms with Crippen LogP contribution in [0.4, 0.5) is 0 Å². The molecule has 4 aliphatic rings. The summed E-state index contributed by atoms with van der Waals surface area (Å²) in [5, 5.41) is 10.5. The van der Waals surface area contributed by atoms with Gasteiger partial charge in [0.2, 0.25) is 0 Å². The third kappa shape index (κ3) is 3.46. The Balaban J connectivity index is 1.55. The van der Waals surface area contributed by atoms with E-state index in [4.69, 9.17) is 0 Å². The van der Waals surface area contributed by atoms with Gasteiger partial charge in [0, 0.05) is 0 Å². The third-order valence-corrected chi connectivity index (χ3v) is 10.9. The van der Waals surface area contributed by atoms with Crippen molar-refractivity contribution in [1.82, 2.24) is 0 Å². The smallest absolute Gasteiger partial charge is 0.0569 e. The highest BCUT2D eigenvalue weighted by molar-refractivity contribution is 5.49. The first kappa shape index (κ1) is 22.6. The molecule has 0 radical (unpaired) electrons. The Hall–Kier alpha value is -0.560. The Kier molecular flexibility index (Phi) is 6.10. The van der Waals surface area contributed by atoms with Gasteiger partial charge in [0.25, 0.3) is 0 Å². The van der Waals surface area contributed by atoms with Gasteiger partial charge in [-0.05, 0) is 102 Å². The summed E-state index contributed by atoms with van der Waals surface area (Å²) in [6.45, 7) is 17.2. The second-order valence-corrected chi connectivity index (χ2v) is 12.6. The molecule has 1 N–H and O–H groups in total. The molecule has 0 aromatic carbocycles. The summed E-state index contributed by atoms with van der Waals surface area (Å²) >= 11 is 0. The topological polar surface area (TPSA) is 20.2 Å². The maximum atomic E-state index is 10.5. The van der Waals surface area contributed by atoms with Crippen LogP contribution < -0.4 is 0 Å².